The largest absolute Gasteiger partial charge is 0.416 e. The highest BCUT2D eigenvalue weighted by Crippen LogP contribution is 2.73. The van der Waals surface area contributed by atoms with Crippen molar-refractivity contribution in [1.29, 1.82) is 0 Å². The summed E-state index contributed by atoms with van der Waals surface area (Å²) in [5.74, 6) is 0.311. The van der Waals surface area contributed by atoms with Crippen molar-refractivity contribution in [2.24, 2.45) is 16.7 Å². The number of ether oxygens (including phenoxy) is 2. The molecule has 4 atom stereocenters. The second kappa shape index (κ2) is 9.71. The van der Waals surface area contributed by atoms with Gasteiger partial charge in [0.15, 0.2) is 14.6 Å². The zero-order valence-electron chi connectivity index (χ0n) is 21.4. The third-order valence-corrected chi connectivity index (χ3v) is 13.7. The zero-order chi connectivity index (χ0) is 23.7. The van der Waals surface area contributed by atoms with Gasteiger partial charge in [0.1, 0.15) is 0 Å². The molecule has 1 aliphatic carbocycles. The third-order valence-electron chi connectivity index (χ3n) is 9.24. The minimum absolute atomic E-state index is 0.000868. The summed E-state index contributed by atoms with van der Waals surface area (Å²) in [5.41, 5.74) is 1.18. The van der Waals surface area contributed by atoms with Gasteiger partial charge < -0.3 is 19.0 Å². The van der Waals surface area contributed by atoms with Gasteiger partial charge in [-0.3, -0.25) is 4.90 Å². The fourth-order valence-corrected chi connectivity index (χ4v) is 6.92. The number of rotatable bonds is 9. The van der Waals surface area contributed by atoms with Gasteiger partial charge in [-0.25, -0.2) is 0 Å². The summed E-state index contributed by atoms with van der Waals surface area (Å²) >= 11 is 0. The van der Waals surface area contributed by atoms with Gasteiger partial charge in [0.2, 0.25) is 0 Å². The summed E-state index contributed by atoms with van der Waals surface area (Å²) in [6.07, 6.45) is 4.24. The third kappa shape index (κ3) is 4.98. The van der Waals surface area contributed by atoms with Crippen LogP contribution >= 0.6 is 0 Å². The summed E-state index contributed by atoms with van der Waals surface area (Å²) in [4.78, 5) is 2.52. The normalized spacial score (nSPS) is 33.0. The van der Waals surface area contributed by atoms with Crippen LogP contribution in [-0.2, 0) is 20.4 Å². The van der Waals surface area contributed by atoms with Gasteiger partial charge in [0.05, 0.1) is 13.2 Å². The van der Waals surface area contributed by atoms with Gasteiger partial charge in [-0.1, -0.05) is 51.1 Å². The highest BCUT2D eigenvalue weighted by molar-refractivity contribution is 6.74. The lowest BCUT2D eigenvalue weighted by Crippen LogP contribution is -2.46. The Morgan fingerprint density at radius 1 is 1.15 bits per heavy atom. The highest BCUT2D eigenvalue weighted by Gasteiger charge is 2.77. The Morgan fingerprint density at radius 3 is 2.55 bits per heavy atom. The molecule has 0 amide bonds. The van der Waals surface area contributed by atoms with Crippen LogP contribution in [0.3, 0.4) is 0 Å². The van der Waals surface area contributed by atoms with E-state index in [0.717, 1.165) is 52.1 Å². The van der Waals surface area contributed by atoms with E-state index in [1.54, 1.807) is 0 Å². The number of likely N-dealkylation sites (tertiary alicyclic amines) is 1. The first-order valence-electron chi connectivity index (χ1n) is 12.9. The van der Waals surface area contributed by atoms with Crippen molar-refractivity contribution in [2.75, 3.05) is 39.5 Å². The number of aliphatic hydroxyl groups excluding tert-OH is 1. The molecule has 2 saturated heterocycles. The molecule has 5 nitrogen and oxygen atoms in total. The summed E-state index contributed by atoms with van der Waals surface area (Å²) in [7, 11) is -1.88. The first-order valence-corrected chi connectivity index (χ1v) is 15.8. The SMILES string of the molecule is CC(C)(C)[Si](C)(C)OCC12CCN(Cc3ccccc3)CC1(CO)C2COC1CCCCO1. The van der Waals surface area contributed by atoms with Crippen molar-refractivity contribution < 1.29 is 19.0 Å². The highest BCUT2D eigenvalue weighted by atomic mass is 28.4. The first-order chi connectivity index (χ1) is 15.6. The van der Waals surface area contributed by atoms with Gasteiger partial charge in [-0.05, 0) is 55.9 Å². The molecule has 6 heteroatoms. The van der Waals surface area contributed by atoms with Crippen molar-refractivity contribution in [3.05, 3.63) is 35.9 Å². The maximum Gasteiger partial charge on any atom is 0.192 e. The van der Waals surface area contributed by atoms with E-state index in [2.05, 4.69) is 69.1 Å². The van der Waals surface area contributed by atoms with Crippen molar-refractivity contribution >= 4 is 8.32 Å². The Morgan fingerprint density at radius 2 is 1.91 bits per heavy atom. The smallest absolute Gasteiger partial charge is 0.192 e. The average Bonchev–Trinajstić information content (AvgIpc) is 3.38. The molecule has 1 aromatic carbocycles. The summed E-state index contributed by atoms with van der Waals surface area (Å²) < 4.78 is 19.0. The molecule has 33 heavy (non-hydrogen) atoms. The molecule has 0 bridgehead atoms. The molecule has 2 heterocycles. The van der Waals surface area contributed by atoms with E-state index in [0.29, 0.717) is 12.5 Å². The fourth-order valence-electron chi connectivity index (χ4n) is 5.87. The minimum Gasteiger partial charge on any atom is -0.416 e. The van der Waals surface area contributed by atoms with Gasteiger partial charge in [0, 0.05) is 43.1 Å². The lowest BCUT2D eigenvalue weighted by molar-refractivity contribution is -0.167. The quantitative estimate of drug-likeness (QED) is 0.507. The van der Waals surface area contributed by atoms with Crippen molar-refractivity contribution in [3.63, 3.8) is 0 Å². The van der Waals surface area contributed by atoms with E-state index in [1.165, 1.54) is 12.0 Å². The Balaban J connectivity index is 1.49. The molecular formula is C27H45NO4Si. The predicted molar refractivity (Wildman–Crippen MR) is 134 cm³/mol. The Kier molecular flexibility index (Phi) is 7.45. The maximum absolute atomic E-state index is 10.8. The molecule has 3 aliphatic rings. The van der Waals surface area contributed by atoms with E-state index in [4.69, 9.17) is 13.9 Å². The fraction of sp³-hybridized carbons (Fsp3) is 0.778. The molecule has 4 unspecified atom stereocenters. The molecule has 4 rings (SSSR count). The number of hydrogen-bond donors (Lipinski definition) is 1. The van der Waals surface area contributed by atoms with E-state index in [9.17, 15) is 5.11 Å². The zero-order valence-corrected chi connectivity index (χ0v) is 22.4. The second-order valence-corrected chi connectivity index (χ2v) is 17.0. The molecule has 3 fully saturated rings. The molecule has 1 aromatic rings. The summed E-state index contributed by atoms with van der Waals surface area (Å²) in [5, 5.41) is 11.0. The van der Waals surface area contributed by atoms with Crippen molar-refractivity contribution in [2.45, 2.75) is 77.4 Å². The van der Waals surface area contributed by atoms with Crippen LogP contribution in [0, 0.1) is 16.7 Å². The van der Waals surface area contributed by atoms with Crippen molar-refractivity contribution in [1.82, 2.24) is 4.90 Å². The Hall–Kier alpha value is -0.763. The molecule has 2 aliphatic heterocycles. The van der Waals surface area contributed by atoms with Gasteiger partial charge in [-0.15, -0.1) is 0 Å². The Bertz CT molecular complexity index is 776. The number of aliphatic hydroxyl groups is 1. The number of nitrogens with zero attached hydrogens (tertiary/aromatic N) is 1. The van der Waals surface area contributed by atoms with Crippen molar-refractivity contribution in [3.8, 4) is 0 Å². The number of piperidine rings is 1. The number of hydrogen-bond acceptors (Lipinski definition) is 5. The monoisotopic (exact) mass is 475 g/mol. The average molecular weight is 476 g/mol. The molecule has 0 spiro atoms. The van der Waals surface area contributed by atoms with Gasteiger partial charge >= 0.3 is 0 Å². The van der Waals surface area contributed by atoms with Crippen LogP contribution in [0.2, 0.25) is 18.1 Å². The topological polar surface area (TPSA) is 51.2 Å². The van der Waals surface area contributed by atoms with E-state index >= 15 is 0 Å². The molecule has 1 N–H and O–H groups in total. The minimum atomic E-state index is -1.88. The standard InChI is InChI=1S/C27H45NO4Si/c1-25(2,3)33(4,5)32-21-26-14-15-28(17-22-11-7-6-8-12-22)19-27(26,20-29)23(26)18-31-24-13-9-10-16-30-24/h6-8,11-12,23-24,29H,9-10,13-21H2,1-5H3. The van der Waals surface area contributed by atoms with Gasteiger partial charge in [0.25, 0.3) is 0 Å². The number of fused-ring (bicyclic) bond motifs is 1. The molecule has 1 saturated carbocycles. The summed E-state index contributed by atoms with van der Waals surface area (Å²) in [6.45, 7) is 16.8. The van der Waals surface area contributed by atoms with Crippen LogP contribution in [0.1, 0.15) is 52.0 Å². The molecular weight excluding hydrogens is 430 g/mol. The lowest BCUT2D eigenvalue weighted by Gasteiger charge is -2.41. The van der Waals surface area contributed by atoms with E-state index < -0.39 is 8.32 Å². The van der Waals surface area contributed by atoms with Crippen LogP contribution in [0.25, 0.3) is 0 Å². The van der Waals surface area contributed by atoms with Crippen LogP contribution < -0.4 is 0 Å². The maximum atomic E-state index is 10.8. The number of benzene rings is 1. The van der Waals surface area contributed by atoms with E-state index in [1.807, 2.05) is 0 Å². The van der Waals surface area contributed by atoms with Crippen LogP contribution in [-0.4, -0.2) is 64.1 Å². The van der Waals surface area contributed by atoms with Gasteiger partial charge in [-0.2, -0.15) is 0 Å². The Labute approximate surface area is 201 Å². The van der Waals surface area contributed by atoms with Crippen LogP contribution in [0.5, 0.6) is 0 Å². The molecule has 186 valence electrons. The first kappa shape index (κ1) is 25.3. The van der Waals surface area contributed by atoms with Crippen LogP contribution in [0.15, 0.2) is 30.3 Å². The molecule has 0 radical (unpaired) electrons. The summed E-state index contributed by atoms with van der Waals surface area (Å²) in [6, 6.07) is 10.7. The second-order valence-electron chi connectivity index (χ2n) is 12.1. The van der Waals surface area contributed by atoms with Crippen LogP contribution in [0.4, 0.5) is 0 Å². The predicted octanol–water partition coefficient (Wildman–Crippen LogP) is 5.05. The lowest BCUT2D eigenvalue weighted by atomic mass is 9.86. The van der Waals surface area contributed by atoms with E-state index in [-0.39, 0.29) is 28.8 Å². The molecule has 0 aromatic heterocycles.